The van der Waals surface area contributed by atoms with E-state index in [4.69, 9.17) is 11.1 Å². The Morgan fingerprint density at radius 2 is 2.11 bits per heavy atom. The molecule has 0 spiro atoms. The lowest BCUT2D eigenvalue weighted by molar-refractivity contribution is -0.120. The lowest BCUT2D eigenvalue weighted by Crippen LogP contribution is -2.36. The molecule has 1 aromatic heterocycles. The van der Waals surface area contributed by atoms with Gasteiger partial charge < -0.3 is 10.6 Å². The van der Waals surface area contributed by atoms with Crippen LogP contribution in [0, 0.1) is 5.41 Å². The number of halogens is 3. The van der Waals surface area contributed by atoms with Crippen LogP contribution in [-0.2, 0) is 0 Å². The number of hydrogen-bond donors (Lipinski definition) is 2. The van der Waals surface area contributed by atoms with E-state index in [9.17, 15) is 13.2 Å². The maximum absolute atomic E-state index is 12.5. The topological polar surface area (TPSA) is 66.0 Å². The van der Waals surface area contributed by atoms with E-state index in [2.05, 4.69) is 4.98 Å². The van der Waals surface area contributed by atoms with Gasteiger partial charge in [0.25, 0.3) is 0 Å². The summed E-state index contributed by atoms with van der Waals surface area (Å²) in [6.45, 7) is -0.996. The molecule has 1 aromatic rings. The van der Waals surface area contributed by atoms with Crippen molar-refractivity contribution in [2.75, 3.05) is 11.4 Å². The highest BCUT2D eigenvalue weighted by Gasteiger charge is 2.38. The van der Waals surface area contributed by atoms with Crippen molar-refractivity contribution in [3.05, 3.63) is 23.9 Å². The number of nitrogen functional groups attached to an aromatic ring is 1. The first-order chi connectivity index (χ1) is 8.37. The number of aromatic nitrogens is 1. The molecule has 0 aliphatic heterocycles. The fraction of sp³-hybridized carbons (Fsp3) is 0.455. The van der Waals surface area contributed by atoms with Gasteiger partial charge in [-0.1, -0.05) is 0 Å². The number of nitrogens with one attached hydrogen (secondary N) is 1. The molecular weight excluding hydrogens is 245 g/mol. The van der Waals surface area contributed by atoms with Crippen molar-refractivity contribution in [2.24, 2.45) is 5.73 Å². The van der Waals surface area contributed by atoms with Crippen molar-refractivity contribution >= 4 is 11.7 Å². The lowest BCUT2D eigenvalue weighted by Gasteiger charge is -2.24. The molecule has 1 fully saturated rings. The van der Waals surface area contributed by atoms with E-state index < -0.39 is 12.7 Å². The van der Waals surface area contributed by atoms with Gasteiger partial charge in [0.15, 0.2) is 0 Å². The van der Waals surface area contributed by atoms with Crippen molar-refractivity contribution < 1.29 is 13.2 Å². The van der Waals surface area contributed by atoms with Gasteiger partial charge in [-0.05, 0) is 25.0 Å². The number of nitrogens with two attached hydrogens (primary N) is 1. The molecule has 1 aliphatic carbocycles. The normalized spacial score (nSPS) is 15.5. The Kier molecular flexibility index (Phi) is 3.14. The van der Waals surface area contributed by atoms with Crippen LogP contribution in [0.25, 0.3) is 0 Å². The Balaban J connectivity index is 2.18. The first kappa shape index (κ1) is 12.7. The van der Waals surface area contributed by atoms with E-state index in [0.29, 0.717) is 5.56 Å². The van der Waals surface area contributed by atoms with E-state index in [0.717, 1.165) is 12.8 Å². The number of rotatable bonds is 4. The predicted octanol–water partition coefficient (Wildman–Crippen LogP) is 1.90. The Morgan fingerprint density at radius 1 is 1.44 bits per heavy atom. The zero-order valence-electron chi connectivity index (χ0n) is 9.54. The highest BCUT2D eigenvalue weighted by atomic mass is 19.4. The van der Waals surface area contributed by atoms with Crippen LogP contribution in [0.3, 0.4) is 0 Å². The minimum atomic E-state index is -4.25. The van der Waals surface area contributed by atoms with Crippen LogP contribution >= 0.6 is 0 Å². The molecule has 0 amide bonds. The summed E-state index contributed by atoms with van der Waals surface area (Å²) in [6, 6.07) is 2.90. The highest BCUT2D eigenvalue weighted by molar-refractivity contribution is 5.94. The number of hydrogen-bond acceptors (Lipinski definition) is 3. The molecule has 18 heavy (non-hydrogen) atoms. The van der Waals surface area contributed by atoms with Crippen molar-refractivity contribution in [3.63, 3.8) is 0 Å². The largest absolute Gasteiger partial charge is 0.405 e. The molecule has 0 saturated heterocycles. The average Bonchev–Trinajstić information content (AvgIpc) is 3.08. The highest BCUT2D eigenvalue weighted by Crippen LogP contribution is 2.33. The summed E-state index contributed by atoms with van der Waals surface area (Å²) < 4.78 is 37.4. The fourth-order valence-corrected chi connectivity index (χ4v) is 1.69. The van der Waals surface area contributed by atoms with Crippen LogP contribution in [0.5, 0.6) is 0 Å². The van der Waals surface area contributed by atoms with Crippen molar-refractivity contribution in [3.8, 4) is 0 Å². The molecule has 0 unspecified atom stereocenters. The summed E-state index contributed by atoms with van der Waals surface area (Å²) in [5.74, 6) is 0.127. The van der Waals surface area contributed by atoms with E-state index in [1.807, 2.05) is 0 Å². The molecule has 2 rings (SSSR count). The fourth-order valence-electron chi connectivity index (χ4n) is 1.69. The third-order valence-electron chi connectivity index (χ3n) is 2.69. The van der Waals surface area contributed by atoms with Crippen molar-refractivity contribution in [1.82, 2.24) is 4.98 Å². The van der Waals surface area contributed by atoms with Crippen LogP contribution in [0.1, 0.15) is 18.4 Å². The predicted molar refractivity (Wildman–Crippen MR) is 61.7 cm³/mol. The monoisotopic (exact) mass is 258 g/mol. The first-order valence-corrected chi connectivity index (χ1v) is 5.50. The second kappa shape index (κ2) is 4.47. The van der Waals surface area contributed by atoms with Crippen LogP contribution < -0.4 is 10.6 Å². The number of pyridine rings is 1. The number of alkyl halides is 3. The molecule has 1 saturated carbocycles. The Morgan fingerprint density at radius 3 is 2.50 bits per heavy atom. The van der Waals surface area contributed by atoms with E-state index in [1.165, 1.54) is 23.2 Å². The third kappa shape index (κ3) is 3.12. The van der Waals surface area contributed by atoms with Gasteiger partial charge in [0.2, 0.25) is 0 Å². The number of anilines is 1. The summed E-state index contributed by atoms with van der Waals surface area (Å²) in [4.78, 5) is 5.20. The molecule has 0 bridgehead atoms. The molecule has 0 atom stereocenters. The van der Waals surface area contributed by atoms with Gasteiger partial charge in [-0.3, -0.25) is 5.41 Å². The maximum atomic E-state index is 12.5. The first-order valence-electron chi connectivity index (χ1n) is 5.50. The van der Waals surface area contributed by atoms with Gasteiger partial charge in [-0.2, -0.15) is 13.2 Å². The van der Waals surface area contributed by atoms with Gasteiger partial charge in [0.1, 0.15) is 18.2 Å². The second-order valence-corrected chi connectivity index (χ2v) is 4.29. The van der Waals surface area contributed by atoms with E-state index in [-0.39, 0.29) is 17.7 Å². The van der Waals surface area contributed by atoms with Gasteiger partial charge in [-0.15, -0.1) is 0 Å². The van der Waals surface area contributed by atoms with E-state index >= 15 is 0 Å². The molecule has 98 valence electrons. The summed E-state index contributed by atoms with van der Waals surface area (Å²) in [5, 5.41) is 7.20. The Hall–Kier alpha value is -1.79. The quantitative estimate of drug-likeness (QED) is 0.640. The van der Waals surface area contributed by atoms with Crippen molar-refractivity contribution in [2.45, 2.75) is 25.1 Å². The zero-order valence-corrected chi connectivity index (χ0v) is 9.54. The van der Waals surface area contributed by atoms with Gasteiger partial charge in [-0.25, -0.2) is 4.98 Å². The molecule has 0 radical (unpaired) electrons. The molecule has 7 heteroatoms. The summed E-state index contributed by atoms with van der Waals surface area (Å²) in [5.41, 5.74) is 5.67. The van der Waals surface area contributed by atoms with Crippen LogP contribution in [0.4, 0.5) is 19.0 Å². The summed E-state index contributed by atoms with van der Waals surface area (Å²) in [7, 11) is 0. The molecular formula is C11H13F3N4. The molecule has 0 aromatic carbocycles. The van der Waals surface area contributed by atoms with Crippen LogP contribution in [-0.4, -0.2) is 29.6 Å². The number of amidine groups is 1. The minimum Gasteiger partial charge on any atom is -0.384 e. The molecule has 1 aliphatic rings. The Bertz CT molecular complexity index is 437. The smallest absolute Gasteiger partial charge is 0.384 e. The van der Waals surface area contributed by atoms with Crippen LogP contribution in [0.15, 0.2) is 18.3 Å². The molecule has 4 nitrogen and oxygen atoms in total. The van der Waals surface area contributed by atoms with Crippen LogP contribution in [0.2, 0.25) is 0 Å². The molecule has 1 heterocycles. The van der Waals surface area contributed by atoms with Crippen molar-refractivity contribution in [1.29, 1.82) is 5.41 Å². The standard InChI is InChI=1S/C11H13F3N4/c12-11(13,14)6-18(8-2-3-8)9-4-1-7(5-17-9)10(15)16/h1,4-5,8H,2-3,6H2,(H3,15,16). The average molecular weight is 258 g/mol. The van der Waals surface area contributed by atoms with Gasteiger partial charge in [0.05, 0.1) is 0 Å². The van der Waals surface area contributed by atoms with E-state index in [1.54, 1.807) is 0 Å². The summed E-state index contributed by atoms with van der Waals surface area (Å²) in [6.07, 6.45) is -1.41. The summed E-state index contributed by atoms with van der Waals surface area (Å²) >= 11 is 0. The second-order valence-electron chi connectivity index (χ2n) is 4.29. The SMILES string of the molecule is N=C(N)c1ccc(N(CC(F)(F)F)C2CC2)nc1. The third-order valence-corrected chi connectivity index (χ3v) is 2.69. The Labute approximate surface area is 102 Å². The van der Waals surface area contributed by atoms with Gasteiger partial charge in [0, 0.05) is 17.8 Å². The maximum Gasteiger partial charge on any atom is 0.405 e. The minimum absolute atomic E-state index is 0.0812. The molecule has 3 N–H and O–H groups in total. The van der Waals surface area contributed by atoms with Gasteiger partial charge >= 0.3 is 6.18 Å². The zero-order chi connectivity index (χ0) is 13.3. The number of nitrogens with zero attached hydrogens (tertiary/aromatic N) is 2. The lowest BCUT2D eigenvalue weighted by atomic mass is 10.2.